The largest absolute Gasteiger partial charge is 0.401 e. The fourth-order valence-corrected chi connectivity index (χ4v) is 1.88. The molecule has 0 aromatic carbocycles. The predicted molar refractivity (Wildman–Crippen MR) is 58.3 cm³/mol. The highest BCUT2D eigenvalue weighted by molar-refractivity contribution is 4.86. The molecule has 0 aromatic heterocycles. The first-order valence-corrected chi connectivity index (χ1v) is 5.80. The van der Waals surface area contributed by atoms with Crippen LogP contribution in [0.15, 0.2) is 0 Å². The average molecular weight is 238 g/mol. The van der Waals surface area contributed by atoms with Gasteiger partial charge in [0.15, 0.2) is 0 Å². The van der Waals surface area contributed by atoms with Crippen LogP contribution in [0.1, 0.15) is 26.7 Å². The Labute approximate surface area is 95.2 Å². The molecule has 16 heavy (non-hydrogen) atoms. The van der Waals surface area contributed by atoms with Crippen LogP contribution in [0.3, 0.4) is 0 Å². The summed E-state index contributed by atoms with van der Waals surface area (Å²) >= 11 is 0. The maximum Gasteiger partial charge on any atom is 0.401 e. The second-order valence-electron chi connectivity index (χ2n) is 4.84. The van der Waals surface area contributed by atoms with Crippen LogP contribution in [0.2, 0.25) is 0 Å². The van der Waals surface area contributed by atoms with Gasteiger partial charge in [-0.3, -0.25) is 4.90 Å². The maximum absolute atomic E-state index is 11.9. The Morgan fingerprint density at radius 1 is 1.31 bits per heavy atom. The monoisotopic (exact) mass is 238 g/mol. The van der Waals surface area contributed by atoms with Gasteiger partial charge in [-0.15, -0.1) is 0 Å². The van der Waals surface area contributed by atoms with Crippen molar-refractivity contribution in [2.45, 2.75) is 44.9 Å². The zero-order valence-corrected chi connectivity index (χ0v) is 10.1. The fraction of sp³-hybridized carbons (Fsp3) is 1.00. The lowest BCUT2D eigenvalue weighted by Gasteiger charge is -2.31. The summed E-state index contributed by atoms with van der Waals surface area (Å²) < 4.78 is 35.8. The van der Waals surface area contributed by atoms with Gasteiger partial charge in [0.25, 0.3) is 0 Å². The third kappa shape index (κ3) is 4.70. The van der Waals surface area contributed by atoms with E-state index in [1.54, 1.807) is 0 Å². The number of nitrogens with one attached hydrogen (secondary N) is 1. The van der Waals surface area contributed by atoms with E-state index in [4.69, 9.17) is 0 Å². The minimum atomic E-state index is -4.11. The highest BCUT2D eigenvalue weighted by atomic mass is 19.4. The van der Waals surface area contributed by atoms with Crippen LogP contribution in [0.4, 0.5) is 13.2 Å². The van der Waals surface area contributed by atoms with Crippen LogP contribution in [0, 0.1) is 5.92 Å². The van der Waals surface area contributed by atoms with Crippen molar-refractivity contribution in [2.75, 3.05) is 20.1 Å². The van der Waals surface area contributed by atoms with Gasteiger partial charge in [0.1, 0.15) is 0 Å². The molecule has 1 aliphatic rings. The zero-order valence-electron chi connectivity index (χ0n) is 10.1. The van der Waals surface area contributed by atoms with Crippen molar-refractivity contribution in [3.63, 3.8) is 0 Å². The van der Waals surface area contributed by atoms with Gasteiger partial charge in [-0.25, -0.2) is 0 Å². The van der Waals surface area contributed by atoms with Crippen molar-refractivity contribution in [1.82, 2.24) is 10.2 Å². The van der Waals surface area contributed by atoms with Crippen molar-refractivity contribution < 1.29 is 13.2 Å². The van der Waals surface area contributed by atoms with E-state index in [0.717, 1.165) is 5.92 Å². The van der Waals surface area contributed by atoms with Crippen LogP contribution in [0.25, 0.3) is 0 Å². The number of alkyl halides is 3. The van der Waals surface area contributed by atoms with Crippen LogP contribution in [-0.2, 0) is 0 Å². The number of hydrogen-bond donors (Lipinski definition) is 1. The Morgan fingerprint density at radius 3 is 2.31 bits per heavy atom. The Kier molecular flexibility index (Phi) is 4.62. The van der Waals surface area contributed by atoms with E-state index in [0.29, 0.717) is 12.6 Å². The molecule has 1 saturated carbocycles. The van der Waals surface area contributed by atoms with Crippen molar-refractivity contribution in [3.05, 3.63) is 0 Å². The molecular formula is C11H21F3N2. The van der Waals surface area contributed by atoms with Crippen molar-refractivity contribution in [1.29, 1.82) is 0 Å². The van der Waals surface area contributed by atoms with Crippen LogP contribution in [-0.4, -0.2) is 43.3 Å². The topological polar surface area (TPSA) is 15.3 Å². The number of hydrogen-bond acceptors (Lipinski definition) is 2. The number of nitrogens with zero attached hydrogens (tertiary/aromatic N) is 1. The van der Waals surface area contributed by atoms with Crippen LogP contribution >= 0.6 is 0 Å². The second-order valence-corrected chi connectivity index (χ2v) is 4.84. The molecule has 0 aromatic rings. The van der Waals surface area contributed by atoms with Crippen molar-refractivity contribution in [2.24, 2.45) is 5.92 Å². The number of rotatable bonds is 6. The lowest BCUT2D eigenvalue weighted by atomic mass is 10.1. The molecule has 0 spiro atoms. The van der Waals surface area contributed by atoms with Gasteiger partial charge in [-0.2, -0.15) is 13.2 Å². The highest BCUT2D eigenvalue weighted by Gasteiger charge is 2.32. The van der Waals surface area contributed by atoms with E-state index in [9.17, 15) is 13.2 Å². The van der Waals surface area contributed by atoms with Gasteiger partial charge in [0.2, 0.25) is 0 Å². The quantitative estimate of drug-likeness (QED) is 0.763. The molecule has 1 rings (SSSR count). The second kappa shape index (κ2) is 5.36. The van der Waals surface area contributed by atoms with E-state index in [-0.39, 0.29) is 6.04 Å². The van der Waals surface area contributed by atoms with E-state index >= 15 is 0 Å². The summed E-state index contributed by atoms with van der Waals surface area (Å²) in [6, 6.07) is 0.612. The molecule has 5 heteroatoms. The normalized spacial score (nSPS) is 21.2. The summed E-state index contributed by atoms with van der Waals surface area (Å²) in [5.41, 5.74) is 0. The van der Waals surface area contributed by atoms with Gasteiger partial charge < -0.3 is 5.32 Å². The standard InChI is InChI=1S/C11H21F3N2/c1-8(6-15-7-11(12,13)14)16(3)9(2)10-4-5-10/h8-10,15H,4-7H2,1-3H3. The molecule has 2 atom stereocenters. The van der Waals surface area contributed by atoms with Gasteiger partial charge in [0, 0.05) is 18.6 Å². The van der Waals surface area contributed by atoms with Crippen LogP contribution in [0.5, 0.6) is 0 Å². The summed E-state index contributed by atoms with van der Waals surface area (Å²) in [5, 5.41) is 2.45. The summed E-state index contributed by atoms with van der Waals surface area (Å²) in [6.45, 7) is 3.59. The summed E-state index contributed by atoms with van der Waals surface area (Å²) in [7, 11) is 1.99. The molecule has 2 unspecified atom stereocenters. The molecular weight excluding hydrogens is 217 g/mol. The smallest absolute Gasteiger partial charge is 0.307 e. The van der Waals surface area contributed by atoms with Crippen LogP contribution < -0.4 is 5.32 Å². The molecule has 0 aliphatic heterocycles. The SMILES string of the molecule is CC(CNCC(F)(F)F)N(C)C(C)C1CC1. The molecule has 0 radical (unpaired) electrons. The summed E-state index contributed by atoms with van der Waals surface area (Å²) in [4.78, 5) is 2.17. The molecule has 1 fully saturated rings. The van der Waals surface area contributed by atoms with Crippen molar-refractivity contribution >= 4 is 0 Å². The molecule has 1 aliphatic carbocycles. The zero-order chi connectivity index (χ0) is 12.3. The van der Waals surface area contributed by atoms with Gasteiger partial charge >= 0.3 is 6.18 Å². The minimum absolute atomic E-state index is 0.137. The van der Waals surface area contributed by atoms with E-state index in [1.807, 2.05) is 14.0 Å². The third-order valence-electron chi connectivity index (χ3n) is 3.41. The molecule has 0 amide bonds. The van der Waals surface area contributed by atoms with Gasteiger partial charge in [0.05, 0.1) is 6.54 Å². The van der Waals surface area contributed by atoms with E-state index in [2.05, 4.69) is 17.1 Å². The molecule has 0 heterocycles. The Morgan fingerprint density at radius 2 is 1.88 bits per heavy atom. The van der Waals surface area contributed by atoms with Crippen molar-refractivity contribution in [3.8, 4) is 0 Å². The number of halogens is 3. The lowest BCUT2D eigenvalue weighted by Crippen LogP contribution is -2.45. The maximum atomic E-state index is 11.9. The predicted octanol–water partition coefficient (Wildman–Crippen LogP) is 2.26. The summed E-state index contributed by atoms with van der Waals surface area (Å²) in [5.74, 6) is 0.745. The summed E-state index contributed by atoms with van der Waals surface area (Å²) in [6.07, 6.45) is -1.59. The first kappa shape index (κ1) is 13.8. The first-order valence-electron chi connectivity index (χ1n) is 5.80. The Balaban J connectivity index is 2.20. The van der Waals surface area contributed by atoms with E-state index < -0.39 is 12.7 Å². The van der Waals surface area contributed by atoms with E-state index in [1.165, 1.54) is 12.8 Å². The molecule has 0 saturated heterocycles. The Bertz CT molecular complexity index is 214. The lowest BCUT2D eigenvalue weighted by molar-refractivity contribution is -0.125. The molecule has 96 valence electrons. The van der Waals surface area contributed by atoms with Gasteiger partial charge in [-0.05, 0) is 39.7 Å². The average Bonchev–Trinajstić information content (AvgIpc) is 2.96. The minimum Gasteiger partial charge on any atom is -0.307 e. The third-order valence-corrected chi connectivity index (χ3v) is 3.41. The molecule has 0 bridgehead atoms. The number of likely N-dealkylation sites (N-methyl/N-ethyl adjacent to an activating group) is 1. The first-order chi connectivity index (χ1) is 7.31. The van der Waals surface area contributed by atoms with Gasteiger partial charge in [-0.1, -0.05) is 0 Å². The fourth-order valence-electron chi connectivity index (χ4n) is 1.88. The Hall–Kier alpha value is -0.290. The molecule has 1 N–H and O–H groups in total. The molecule has 2 nitrogen and oxygen atoms in total. The highest BCUT2D eigenvalue weighted by Crippen LogP contribution is 2.35.